The van der Waals surface area contributed by atoms with Crippen LogP contribution in [0, 0.1) is 25.7 Å². The number of benzene rings is 1. The molecule has 1 aliphatic carbocycles. The Balaban J connectivity index is 1.96. The van der Waals surface area contributed by atoms with Crippen LogP contribution in [0.4, 0.5) is 5.00 Å². The summed E-state index contributed by atoms with van der Waals surface area (Å²) in [4.78, 5) is 37.3. The van der Waals surface area contributed by atoms with Crippen molar-refractivity contribution in [2.24, 2.45) is 17.6 Å². The average Bonchev–Trinajstić information content (AvgIpc) is 2.98. The van der Waals surface area contributed by atoms with Crippen molar-refractivity contribution in [1.29, 1.82) is 0 Å². The number of primary amides is 1. The van der Waals surface area contributed by atoms with E-state index in [1.165, 1.54) is 11.3 Å². The van der Waals surface area contributed by atoms with Gasteiger partial charge >= 0.3 is 5.97 Å². The first-order chi connectivity index (χ1) is 13.3. The molecule has 7 heteroatoms. The van der Waals surface area contributed by atoms with Crippen molar-refractivity contribution in [3.63, 3.8) is 0 Å². The number of carbonyl (C=O) groups is 3. The standard InChI is InChI=1S/C21H22N2O4S/c1-11-7-9-13(10-8-11)16-12(2)28-20(17(16)18(22)24)23-19(25)14-5-3-4-6-15(14)21(26)27/h3-4,7-10,14-15H,5-6H2,1-2H3,(H2,22,24)(H,23,25)(H,26,27)/t14-,15-/m1/s1. The summed E-state index contributed by atoms with van der Waals surface area (Å²) in [6.45, 7) is 3.84. The van der Waals surface area contributed by atoms with Crippen molar-refractivity contribution >= 4 is 34.1 Å². The van der Waals surface area contributed by atoms with Crippen molar-refractivity contribution < 1.29 is 19.5 Å². The topological polar surface area (TPSA) is 109 Å². The molecule has 4 N–H and O–H groups in total. The molecule has 146 valence electrons. The Morgan fingerprint density at radius 2 is 1.68 bits per heavy atom. The molecule has 3 rings (SSSR count). The highest BCUT2D eigenvalue weighted by Gasteiger charge is 2.35. The van der Waals surface area contributed by atoms with Crippen LogP contribution in [0.5, 0.6) is 0 Å². The summed E-state index contributed by atoms with van der Waals surface area (Å²) in [5.41, 5.74) is 8.54. The molecular formula is C21H22N2O4S. The second-order valence-electron chi connectivity index (χ2n) is 6.95. The van der Waals surface area contributed by atoms with Gasteiger partial charge in [0.15, 0.2) is 0 Å². The fraction of sp³-hybridized carbons (Fsp3) is 0.286. The Morgan fingerprint density at radius 3 is 2.25 bits per heavy atom. The SMILES string of the molecule is Cc1ccc(-c2c(C)sc(NC(=O)[C@@H]3CC=CC[C@H]3C(=O)O)c2C(N)=O)cc1. The van der Waals surface area contributed by atoms with Gasteiger partial charge in [0, 0.05) is 10.4 Å². The Kier molecular flexibility index (Phi) is 5.65. The van der Waals surface area contributed by atoms with Crippen LogP contribution in [0.25, 0.3) is 11.1 Å². The lowest BCUT2D eigenvalue weighted by atomic mass is 9.82. The first-order valence-electron chi connectivity index (χ1n) is 8.98. The maximum absolute atomic E-state index is 12.8. The monoisotopic (exact) mass is 398 g/mol. The highest BCUT2D eigenvalue weighted by atomic mass is 32.1. The third-order valence-electron chi connectivity index (χ3n) is 4.99. The minimum absolute atomic E-state index is 0.262. The van der Waals surface area contributed by atoms with E-state index in [0.717, 1.165) is 16.0 Å². The van der Waals surface area contributed by atoms with Crippen LogP contribution >= 0.6 is 11.3 Å². The number of carboxylic acid groups (broad SMARTS) is 1. The van der Waals surface area contributed by atoms with Gasteiger partial charge in [0.25, 0.3) is 5.91 Å². The van der Waals surface area contributed by atoms with E-state index in [9.17, 15) is 19.5 Å². The fourth-order valence-electron chi connectivity index (χ4n) is 3.52. The molecule has 0 saturated heterocycles. The summed E-state index contributed by atoms with van der Waals surface area (Å²) in [5, 5.41) is 12.5. The van der Waals surface area contributed by atoms with Crippen molar-refractivity contribution in [1.82, 2.24) is 0 Å². The number of allylic oxidation sites excluding steroid dienone is 2. The number of anilines is 1. The minimum atomic E-state index is -0.998. The Hall–Kier alpha value is -2.93. The van der Waals surface area contributed by atoms with E-state index in [1.807, 2.05) is 44.2 Å². The lowest BCUT2D eigenvalue weighted by molar-refractivity contribution is -0.146. The summed E-state index contributed by atoms with van der Waals surface area (Å²) in [6.07, 6.45) is 4.26. The number of hydrogen-bond acceptors (Lipinski definition) is 4. The predicted molar refractivity (Wildman–Crippen MR) is 109 cm³/mol. The van der Waals surface area contributed by atoms with Gasteiger partial charge in [-0.05, 0) is 32.3 Å². The zero-order valence-electron chi connectivity index (χ0n) is 15.7. The molecule has 2 atom stereocenters. The third-order valence-corrected chi connectivity index (χ3v) is 6.01. The molecule has 0 unspecified atom stereocenters. The molecule has 0 saturated carbocycles. The molecule has 0 bridgehead atoms. The second kappa shape index (κ2) is 7.98. The lowest BCUT2D eigenvalue weighted by Gasteiger charge is -2.24. The number of aliphatic carboxylic acids is 1. The molecular weight excluding hydrogens is 376 g/mol. The molecule has 1 aromatic heterocycles. The van der Waals surface area contributed by atoms with Crippen LogP contribution in [0.15, 0.2) is 36.4 Å². The molecule has 6 nitrogen and oxygen atoms in total. The number of thiophene rings is 1. The third kappa shape index (κ3) is 3.84. The van der Waals surface area contributed by atoms with E-state index in [4.69, 9.17) is 5.73 Å². The molecule has 28 heavy (non-hydrogen) atoms. The fourth-order valence-corrected chi connectivity index (χ4v) is 4.60. The number of hydrogen-bond donors (Lipinski definition) is 3. The highest BCUT2D eigenvalue weighted by molar-refractivity contribution is 7.17. The lowest BCUT2D eigenvalue weighted by Crippen LogP contribution is -2.35. The van der Waals surface area contributed by atoms with E-state index in [1.54, 1.807) is 6.08 Å². The molecule has 0 spiro atoms. The molecule has 2 amide bonds. The summed E-state index contributed by atoms with van der Waals surface area (Å²) in [5.74, 6) is -3.50. The van der Waals surface area contributed by atoms with Crippen LogP contribution in [-0.2, 0) is 9.59 Å². The average molecular weight is 398 g/mol. The normalized spacial score (nSPS) is 18.6. The second-order valence-corrected chi connectivity index (χ2v) is 8.18. The molecule has 0 radical (unpaired) electrons. The van der Waals surface area contributed by atoms with Gasteiger partial charge in [-0.3, -0.25) is 14.4 Å². The van der Waals surface area contributed by atoms with Crippen molar-refractivity contribution in [3.05, 3.63) is 52.4 Å². The van der Waals surface area contributed by atoms with E-state index in [0.29, 0.717) is 23.4 Å². The Morgan fingerprint density at radius 1 is 1.07 bits per heavy atom. The number of nitrogens with one attached hydrogen (secondary N) is 1. The first kappa shape index (κ1) is 19.8. The number of carbonyl (C=O) groups excluding carboxylic acids is 2. The van der Waals surface area contributed by atoms with Gasteiger partial charge in [-0.15, -0.1) is 11.3 Å². The van der Waals surface area contributed by atoms with Gasteiger partial charge in [-0.2, -0.15) is 0 Å². The van der Waals surface area contributed by atoms with Crippen LogP contribution in [-0.4, -0.2) is 22.9 Å². The molecule has 0 fully saturated rings. The summed E-state index contributed by atoms with van der Waals surface area (Å²) in [6, 6.07) is 7.71. The maximum Gasteiger partial charge on any atom is 0.307 e. The maximum atomic E-state index is 12.8. The van der Waals surface area contributed by atoms with E-state index >= 15 is 0 Å². The predicted octanol–water partition coefficient (Wildman–Crippen LogP) is 3.74. The van der Waals surface area contributed by atoms with E-state index in [-0.39, 0.29) is 5.56 Å². The van der Waals surface area contributed by atoms with Crippen molar-refractivity contribution in [2.75, 3.05) is 5.32 Å². The van der Waals surface area contributed by atoms with Gasteiger partial charge in [0.05, 0.1) is 17.4 Å². The van der Waals surface area contributed by atoms with E-state index < -0.39 is 29.6 Å². The number of nitrogens with two attached hydrogens (primary N) is 1. The van der Waals surface area contributed by atoms with Crippen LogP contribution in [0.2, 0.25) is 0 Å². The van der Waals surface area contributed by atoms with Crippen LogP contribution in [0.1, 0.15) is 33.6 Å². The summed E-state index contributed by atoms with van der Waals surface area (Å²) < 4.78 is 0. The number of carboxylic acids is 1. The Bertz CT molecular complexity index is 960. The quantitative estimate of drug-likeness (QED) is 0.667. The number of rotatable bonds is 5. The van der Waals surface area contributed by atoms with Gasteiger partial charge in [-0.1, -0.05) is 42.0 Å². The molecule has 1 aliphatic rings. The molecule has 0 aliphatic heterocycles. The van der Waals surface area contributed by atoms with Crippen molar-refractivity contribution in [3.8, 4) is 11.1 Å². The number of amides is 2. The Labute approximate surface area is 167 Å². The zero-order valence-corrected chi connectivity index (χ0v) is 16.5. The molecule has 2 aromatic rings. The zero-order chi connectivity index (χ0) is 20.4. The minimum Gasteiger partial charge on any atom is -0.481 e. The van der Waals surface area contributed by atoms with Crippen LogP contribution < -0.4 is 11.1 Å². The molecule has 1 aromatic carbocycles. The van der Waals surface area contributed by atoms with Crippen LogP contribution in [0.3, 0.4) is 0 Å². The summed E-state index contributed by atoms with van der Waals surface area (Å²) in [7, 11) is 0. The van der Waals surface area contributed by atoms with E-state index in [2.05, 4.69) is 5.32 Å². The highest BCUT2D eigenvalue weighted by Crippen LogP contribution is 2.40. The summed E-state index contributed by atoms with van der Waals surface area (Å²) >= 11 is 1.27. The van der Waals surface area contributed by atoms with Crippen molar-refractivity contribution in [2.45, 2.75) is 26.7 Å². The van der Waals surface area contributed by atoms with Gasteiger partial charge in [0.2, 0.25) is 5.91 Å². The van der Waals surface area contributed by atoms with Gasteiger partial charge < -0.3 is 16.2 Å². The first-order valence-corrected chi connectivity index (χ1v) is 9.80. The molecule has 1 heterocycles. The smallest absolute Gasteiger partial charge is 0.307 e. The largest absolute Gasteiger partial charge is 0.481 e. The van der Waals surface area contributed by atoms with Gasteiger partial charge in [0.1, 0.15) is 5.00 Å². The number of aryl methyl sites for hydroxylation is 2. The van der Waals surface area contributed by atoms with Gasteiger partial charge in [-0.25, -0.2) is 0 Å².